The second-order valence-corrected chi connectivity index (χ2v) is 6.21. The molecule has 1 aromatic carbocycles. The summed E-state index contributed by atoms with van der Waals surface area (Å²) >= 11 is 7.64. The van der Waals surface area contributed by atoms with E-state index in [9.17, 15) is 4.79 Å². The van der Waals surface area contributed by atoms with Gasteiger partial charge in [0.05, 0.1) is 17.1 Å². The van der Waals surface area contributed by atoms with Crippen LogP contribution in [0.4, 0.5) is 0 Å². The van der Waals surface area contributed by atoms with Gasteiger partial charge in [-0.25, -0.2) is 4.98 Å². The average molecular weight is 397 g/mol. The normalized spacial score (nSPS) is 11.1. The van der Waals surface area contributed by atoms with E-state index in [2.05, 4.69) is 10.3 Å². The quantitative estimate of drug-likeness (QED) is 0.784. The first-order valence-corrected chi connectivity index (χ1v) is 8.02. The molecule has 2 aromatic rings. The molecule has 0 bridgehead atoms. The number of amides is 1. The highest BCUT2D eigenvalue weighted by molar-refractivity contribution is 7.13. The summed E-state index contributed by atoms with van der Waals surface area (Å²) in [6.45, 7) is 3.16. The molecule has 1 atom stereocenters. The van der Waals surface area contributed by atoms with Crippen LogP contribution in [0.2, 0.25) is 5.02 Å². The predicted octanol–water partition coefficient (Wildman–Crippen LogP) is 3.56. The molecule has 23 heavy (non-hydrogen) atoms. The van der Waals surface area contributed by atoms with E-state index in [1.165, 1.54) is 11.3 Å². The van der Waals surface area contributed by atoms with Crippen molar-refractivity contribution in [1.29, 1.82) is 0 Å². The fraction of sp³-hybridized carbons (Fsp3) is 0.333. The van der Waals surface area contributed by atoms with Gasteiger partial charge in [0.1, 0.15) is 5.01 Å². The van der Waals surface area contributed by atoms with Gasteiger partial charge in [-0.05, 0) is 18.5 Å². The Bertz CT molecular complexity index is 622. The van der Waals surface area contributed by atoms with Crippen molar-refractivity contribution in [2.45, 2.75) is 13.3 Å². The highest BCUT2D eigenvalue weighted by Gasteiger charge is 2.11. The number of halogens is 3. The molecule has 1 amide bonds. The number of hydrogen-bond acceptors (Lipinski definition) is 4. The van der Waals surface area contributed by atoms with Crippen molar-refractivity contribution >= 4 is 53.7 Å². The van der Waals surface area contributed by atoms with Crippen LogP contribution < -0.4 is 11.1 Å². The Labute approximate surface area is 157 Å². The molecule has 0 saturated heterocycles. The second kappa shape index (κ2) is 10.8. The van der Waals surface area contributed by atoms with E-state index in [1.54, 1.807) is 0 Å². The summed E-state index contributed by atoms with van der Waals surface area (Å²) in [6.07, 6.45) is 0.276. The maximum atomic E-state index is 11.8. The van der Waals surface area contributed by atoms with E-state index in [1.807, 2.05) is 36.6 Å². The molecule has 1 unspecified atom stereocenters. The molecule has 1 heterocycles. The lowest BCUT2D eigenvalue weighted by Crippen LogP contribution is -2.32. The summed E-state index contributed by atoms with van der Waals surface area (Å²) in [6, 6.07) is 7.56. The fourth-order valence-corrected chi connectivity index (χ4v) is 2.88. The molecule has 3 N–H and O–H groups in total. The van der Waals surface area contributed by atoms with Crippen molar-refractivity contribution in [2.24, 2.45) is 11.7 Å². The molecule has 0 saturated carbocycles. The fourth-order valence-electron chi connectivity index (χ4n) is 1.74. The van der Waals surface area contributed by atoms with Crippen molar-refractivity contribution in [3.05, 3.63) is 40.4 Å². The summed E-state index contributed by atoms with van der Waals surface area (Å²) in [7, 11) is 0. The van der Waals surface area contributed by atoms with Crippen molar-refractivity contribution in [2.75, 3.05) is 13.1 Å². The van der Waals surface area contributed by atoms with Gasteiger partial charge in [-0.15, -0.1) is 36.2 Å². The number of rotatable bonds is 6. The zero-order valence-corrected chi connectivity index (χ0v) is 15.8. The molecule has 0 radical (unpaired) electrons. The zero-order valence-electron chi connectivity index (χ0n) is 12.6. The van der Waals surface area contributed by atoms with Gasteiger partial charge in [-0.2, -0.15) is 0 Å². The Balaban J connectivity index is 0.00000242. The lowest BCUT2D eigenvalue weighted by molar-refractivity contribution is -0.120. The Kier molecular flexibility index (Phi) is 10.4. The van der Waals surface area contributed by atoms with E-state index in [0.29, 0.717) is 18.1 Å². The molecule has 8 heteroatoms. The smallest absolute Gasteiger partial charge is 0.226 e. The van der Waals surface area contributed by atoms with Gasteiger partial charge in [0.2, 0.25) is 5.91 Å². The van der Waals surface area contributed by atoms with Crippen molar-refractivity contribution in [3.63, 3.8) is 0 Å². The van der Waals surface area contributed by atoms with Gasteiger partial charge < -0.3 is 11.1 Å². The summed E-state index contributed by atoms with van der Waals surface area (Å²) in [4.78, 5) is 16.3. The molecule has 0 fully saturated rings. The highest BCUT2D eigenvalue weighted by Crippen LogP contribution is 2.30. The van der Waals surface area contributed by atoms with Gasteiger partial charge in [0, 0.05) is 17.5 Å². The second-order valence-electron chi connectivity index (χ2n) is 4.95. The minimum atomic E-state index is -0.0358. The Morgan fingerprint density at radius 2 is 2.09 bits per heavy atom. The molecule has 0 aliphatic rings. The van der Waals surface area contributed by atoms with E-state index < -0.39 is 0 Å². The molecular weight excluding hydrogens is 377 g/mol. The number of nitrogens with one attached hydrogen (secondary N) is 1. The SMILES string of the molecule is CC(CN)CNC(=O)Cc1csc(-c2ccccc2Cl)n1.Cl.Cl. The van der Waals surface area contributed by atoms with Crippen LogP contribution in [0, 0.1) is 5.92 Å². The molecular formula is C15H20Cl3N3OS. The van der Waals surface area contributed by atoms with Gasteiger partial charge in [-0.1, -0.05) is 36.7 Å². The van der Waals surface area contributed by atoms with Crippen LogP contribution in [0.5, 0.6) is 0 Å². The number of carbonyl (C=O) groups excluding carboxylic acids is 1. The monoisotopic (exact) mass is 395 g/mol. The third kappa shape index (κ3) is 6.65. The van der Waals surface area contributed by atoms with Crippen LogP contribution in [0.1, 0.15) is 12.6 Å². The van der Waals surface area contributed by atoms with E-state index >= 15 is 0 Å². The van der Waals surface area contributed by atoms with Crippen molar-refractivity contribution in [1.82, 2.24) is 10.3 Å². The molecule has 128 valence electrons. The molecule has 4 nitrogen and oxygen atoms in total. The number of thiazole rings is 1. The summed E-state index contributed by atoms with van der Waals surface area (Å²) < 4.78 is 0. The van der Waals surface area contributed by atoms with Crippen LogP contribution in [-0.2, 0) is 11.2 Å². The topological polar surface area (TPSA) is 68.0 Å². The maximum absolute atomic E-state index is 11.8. The number of aromatic nitrogens is 1. The van der Waals surface area contributed by atoms with Crippen LogP contribution in [0.25, 0.3) is 10.6 Å². The predicted molar refractivity (Wildman–Crippen MR) is 102 cm³/mol. The first-order chi connectivity index (χ1) is 10.1. The van der Waals surface area contributed by atoms with Gasteiger partial charge in [0.25, 0.3) is 0 Å². The van der Waals surface area contributed by atoms with Crippen LogP contribution in [0.15, 0.2) is 29.6 Å². The summed E-state index contributed by atoms with van der Waals surface area (Å²) in [5.74, 6) is 0.245. The number of benzene rings is 1. The van der Waals surface area contributed by atoms with Gasteiger partial charge in [0.15, 0.2) is 0 Å². The number of carbonyl (C=O) groups is 1. The average Bonchev–Trinajstić information content (AvgIpc) is 2.93. The Morgan fingerprint density at radius 3 is 2.74 bits per heavy atom. The van der Waals surface area contributed by atoms with Crippen LogP contribution in [-0.4, -0.2) is 24.0 Å². The highest BCUT2D eigenvalue weighted by atomic mass is 35.5. The minimum absolute atomic E-state index is 0. The van der Waals surface area contributed by atoms with Gasteiger partial charge >= 0.3 is 0 Å². The first-order valence-electron chi connectivity index (χ1n) is 6.76. The molecule has 0 spiro atoms. The number of nitrogens with zero attached hydrogens (tertiary/aromatic N) is 1. The summed E-state index contributed by atoms with van der Waals surface area (Å²) in [5.41, 5.74) is 7.17. The molecule has 2 rings (SSSR count). The first kappa shape index (κ1) is 22.2. The van der Waals surface area contributed by atoms with Crippen LogP contribution >= 0.6 is 47.8 Å². The van der Waals surface area contributed by atoms with Crippen LogP contribution in [0.3, 0.4) is 0 Å². The van der Waals surface area contributed by atoms with E-state index in [0.717, 1.165) is 16.3 Å². The lowest BCUT2D eigenvalue weighted by Gasteiger charge is -2.09. The van der Waals surface area contributed by atoms with Crippen molar-refractivity contribution < 1.29 is 4.79 Å². The number of nitrogens with two attached hydrogens (primary N) is 1. The molecule has 0 aliphatic carbocycles. The third-order valence-electron chi connectivity index (χ3n) is 3.05. The van der Waals surface area contributed by atoms with Gasteiger partial charge in [-0.3, -0.25) is 4.79 Å². The number of hydrogen-bond donors (Lipinski definition) is 2. The third-order valence-corrected chi connectivity index (χ3v) is 4.30. The minimum Gasteiger partial charge on any atom is -0.355 e. The summed E-state index contributed by atoms with van der Waals surface area (Å²) in [5, 5.41) is 6.25. The Hall–Kier alpha value is -0.850. The van der Waals surface area contributed by atoms with Crippen molar-refractivity contribution in [3.8, 4) is 10.6 Å². The Morgan fingerprint density at radius 1 is 1.39 bits per heavy atom. The largest absolute Gasteiger partial charge is 0.355 e. The van der Waals surface area contributed by atoms with E-state index in [-0.39, 0.29) is 43.1 Å². The molecule has 1 aromatic heterocycles. The zero-order chi connectivity index (χ0) is 15.2. The maximum Gasteiger partial charge on any atom is 0.226 e. The standard InChI is InChI=1S/C15H18ClN3OS.2ClH/c1-10(7-17)8-18-14(20)6-11-9-21-15(19-11)12-4-2-3-5-13(12)16;;/h2-5,9-10H,6-8,17H2,1H3,(H,18,20);2*1H. The lowest BCUT2D eigenvalue weighted by atomic mass is 10.2. The van der Waals surface area contributed by atoms with E-state index in [4.69, 9.17) is 17.3 Å². The molecule has 0 aliphatic heterocycles.